The predicted octanol–water partition coefficient (Wildman–Crippen LogP) is 4.36. The zero-order valence-corrected chi connectivity index (χ0v) is 17.5. The number of anilines is 2. The molecule has 0 amide bonds. The van der Waals surface area contributed by atoms with E-state index in [-0.39, 0.29) is 6.04 Å². The van der Waals surface area contributed by atoms with Crippen LogP contribution in [0.15, 0.2) is 48.9 Å². The number of hydrogen-bond donors (Lipinski definition) is 3. The molecule has 30 heavy (non-hydrogen) atoms. The predicted molar refractivity (Wildman–Crippen MR) is 116 cm³/mol. The zero-order valence-electron chi connectivity index (χ0n) is 16.8. The van der Waals surface area contributed by atoms with Crippen molar-refractivity contribution in [3.63, 3.8) is 0 Å². The third-order valence-electron chi connectivity index (χ3n) is 5.28. The molecule has 1 unspecified atom stereocenters. The van der Waals surface area contributed by atoms with Crippen LogP contribution in [0.2, 0.25) is 5.02 Å². The molecule has 0 spiro atoms. The number of nitrogens with one attached hydrogen (secondary N) is 2. The van der Waals surface area contributed by atoms with Crippen molar-refractivity contribution in [2.45, 2.75) is 38.5 Å². The highest BCUT2D eigenvalue weighted by Gasteiger charge is 2.23. The summed E-state index contributed by atoms with van der Waals surface area (Å²) in [7, 11) is 0. The largest absolute Gasteiger partial charge is 0.386 e. The molecule has 152 valence electrons. The maximum atomic E-state index is 10.1. The highest BCUT2D eigenvalue weighted by molar-refractivity contribution is 6.30. The molecule has 7 heteroatoms. The minimum Gasteiger partial charge on any atom is -0.386 e. The molecule has 0 bridgehead atoms. The third-order valence-corrected chi connectivity index (χ3v) is 5.50. The van der Waals surface area contributed by atoms with E-state index in [1.165, 1.54) is 0 Å². The van der Waals surface area contributed by atoms with Gasteiger partial charge in [-0.2, -0.15) is 5.26 Å². The fraction of sp³-hybridized carbons (Fsp3) is 0.261. The van der Waals surface area contributed by atoms with Gasteiger partial charge in [-0.1, -0.05) is 17.7 Å². The van der Waals surface area contributed by atoms with E-state index < -0.39 is 5.60 Å². The van der Waals surface area contributed by atoms with E-state index in [0.29, 0.717) is 22.9 Å². The van der Waals surface area contributed by atoms with Crippen LogP contribution in [0.1, 0.15) is 47.7 Å². The summed E-state index contributed by atoms with van der Waals surface area (Å²) in [6.07, 6.45) is 6.09. The van der Waals surface area contributed by atoms with Crippen molar-refractivity contribution in [3.8, 4) is 6.07 Å². The fourth-order valence-electron chi connectivity index (χ4n) is 3.62. The first-order chi connectivity index (χ1) is 14.3. The summed E-state index contributed by atoms with van der Waals surface area (Å²) < 4.78 is 0. The summed E-state index contributed by atoms with van der Waals surface area (Å²) >= 11 is 6.18. The lowest BCUT2D eigenvalue weighted by Crippen LogP contribution is -2.29. The first-order valence-electron chi connectivity index (χ1n) is 9.69. The lowest BCUT2D eigenvalue weighted by molar-refractivity contribution is 0.0782. The maximum absolute atomic E-state index is 10.1. The van der Waals surface area contributed by atoms with Crippen molar-refractivity contribution in [1.29, 1.82) is 5.26 Å². The smallest absolute Gasteiger partial charge is 0.130 e. The molecule has 3 N–H and O–H groups in total. The van der Waals surface area contributed by atoms with E-state index in [2.05, 4.69) is 26.7 Å². The van der Waals surface area contributed by atoms with Gasteiger partial charge in [0.05, 0.1) is 29.1 Å². The van der Waals surface area contributed by atoms with Crippen molar-refractivity contribution in [2.24, 2.45) is 0 Å². The van der Waals surface area contributed by atoms with E-state index >= 15 is 0 Å². The van der Waals surface area contributed by atoms with Crippen LogP contribution in [0.4, 0.5) is 11.5 Å². The summed E-state index contributed by atoms with van der Waals surface area (Å²) in [5.74, 6) is 0.689. The molecule has 1 atom stereocenters. The van der Waals surface area contributed by atoms with Crippen molar-refractivity contribution in [1.82, 2.24) is 15.3 Å². The number of aromatic nitrogens is 2. The molecule has 1 aliphatic rings. The Balaban J connectivity index is 1.56. The minimum atomic E-state index is -0.927. The molecule has 6 nitrogen and oxygen atoms in total. The maximum Gasteiger partial charge on any atom is 0.130 e. The number of benzene rings is 1. The first kappa shape index (κ1) is 20.3. The number of nitrogens with zero attached hydrogens (tertiary/aromatic N) is 3. The van der Waals surface area contributed by atoms with Crippen LogP contribution >= 0.6 is 11.6 Å². The molecule has 0 aliphatic carbocycles. The summed E-state index contributed by atoms with van der Waals surface area (Å²) in [5, 5.41) is 26.7. The van der Waals surface area contributed by atoms with Gasteiger partial charge < -0.3 is 15.7 Å². The number of halogens is 1. The molecular weight excluding hydrogens is 398 g/mol. The summed E-state index contributed by atoms with van der Waals surface area (Å²) in [4.78, 5) is 8.81. The molecule has 2 aromatic heterocycles. The van der Waals surface area contributed by atoms with Crippen molar-refractivity contribution in [3.05, 3.63) is 81.8 Å². The molecule has 1 aliphatic heterocycles. The van der Waals surface area contributed by atoms with E-state index in [9.17, 15) is 10.4 Å². The Morgan fingerprint density at radius 1 is 1.23 bits per heavy atom. The van der Waals surface area contributed by atoms with Crippen molar-refractivity contribution >= 4 is 23.1 Å². The van der Waals surface area contributed by atoms with Gasteiger partial charge in [0.25, 0.3) is 0 Å². The van der Waals surface area contributed by atoms with Gasteiger partial charge in [-0.05, 0) is 61.2 Å². The fourth-order valence-corrected chi connectivity index (χ4v) is 3.87. The second-order valence-electron chi connectivity index (χ2n) is 7.96. The Bertz CT molecular complexity index is 1120. The van der Waals surface area contributed by atoms with Crippen molar-refractivity contribution in [2.75, 3.05) is 5.32 Å². The van der Waals surface area contributed by atoms with E-state index in [1.54, 1.807) is 32.3 Å². The van der Waals surface area contributed by atoms with Gasteiger partial charge in [0.1, 0.15) is 5.82 Å². The SMILES string of the molecule is CC(C)(O)c1ccc(Nc2cncc3c2CNC(c2cc(Cl)cc(C#N)c2)C3)nc1. The Labute approximate surface area is 180 Å². The molecule has 0 saturated carbocycles. The molecular formula is C23H22ClN5O. The monoisotopic (exact) mass is 419 g/mol. The number of nitriles is 1. The zero-order chi connectivity index (χ0) is 21.3. The van der Waals surface area contributed by atoms with Gasteiger partial charge in [-0.15, -0.1) is 0 Å². The Kier molecular flexibility index (Phi) is 5.44. The standard InChI is InChI=1S/C23H22ClN5O/c1-23(2,30)17-3-4-22(28-11-17)29-21-13-26-10-16-8-20(27-12-19(16)21)15-5-14(9-25)6-18(24)7-15/h3-7,10-11,13,20,27,30H,8,12H2,1-2H3,(H,28,29). The molecule has 0 saturated heterocycles. The first-order valence-corrected chi connectivity index (χ1v) is 10.1. The molecule has 3 heterocycles. The Morgan fingerprint density at radius 2 is 2.07 bits per heavy atom. The third kappa shape index (κ3) is 4.29. The molecule has 4 rings (SSSR count). The van der Waals surface area contributed by atoms with Gasteiger partial charge in [-0.3, -0.25) is 4.98 Å². The minimum absolute atomic E-state index is 0.0598. The number of hydrogen-bond acceptors (Lipinski definition) is 6. The lowest BCUT2D eigenvalue weighted by Gasteiger charge is -2.28. The van der Waals surface area contributed by atoms with E-state index in [1.807, 2.05) is 30.5 Å². The van der Waals surface area contributed by atoms with E-state index in [0.717, 1.165) is 34.4 Å². The number of fused-ring (bicyclic) bond motifs is 1. The highest BCUT2D eigenvalue weighted by Crippen LogP contribution is 2.32. The van der Waals surface area contributed by atoms with Gasteiger partial charge >= 0.3 is 0 Å². The number of rotatable bonds is 4. The summed E-state index contributed by atoms with van der Waals surface area (Å²) in [6, 6.07) is 11.4. The Hall–Kier alpha value is -2.98. The van der Waals surface area contributed by atoms with Crippen LogP contribution in [0.5, 0.6) is 0 Å². The molecule has 0 radical (unpaired) electrons. The van der Waals surface area contributed by atoms with Gasteiger partial charge in [0, 0.05) is 35.6 Å². The molecule has 0 fully saturated rings. The second-order valence-corrected chi connectivity index (χ2v) is 8.40. The van der Waals surface area contributed by atoms with Gasteiger partial charge in [0.15, 0.2) is 0 Å². The summed E-state index contributed by atoms with van der Waals surface area (Å²) in [5.41, 5.74) is 4.54. The highest BCUT2D eigenvalue weighted by atomic mass is 35.5. The van der Waals surface area contributed by atoms with Crippen molar-refractivity contribution < 1.29 is 5.11 Å². The topological polar surface area (TPSA) is 93.9 Å². The number of pyridine rings is 2. The average molecular weight is 420 g/mol. The summed E-state index contributed by atoms with van der Waals surface area (Å²) in [6.45, 7) is 4.12. The molecule has 1 aromatic carbocycles. The van der Waals surface area contributed by atoms with Crippen LogP contribution in [-0.4, -0.2) is 15.1 Å². The van der Waals surface area contributed by atoms with Gasteiger partial charge in [0.2, 0.25) is 0 Å². The quantitative estimate of drug-likeness (QED) is 0.581. The average Bonchev–Trinajstić information content (AvgIpc) is 2.73. The second kappa shape index (κ2) is 8.04. The van der Waals surface area contributed by atoms with Crippen LogP contribution in [0, 0.1) is 11.3 Å². The normalized spacial score (nSPS) is 15.9. The van der Waals surface area contributed by atoms with E-state index in [4.69, 9.17) is 11.6 Å². The van der Waals surface area contributed by atoms with Crippen LogP contribution in [0.3, 0.4) is 0 Å². The van der Waals surface area contributed by atoms with Gasteiger partial charge in [-0.25, -0.2) is 4.98 Å². The molecule has 3 aromatic rings. The Morgan fingerprint density at radius 3 is 2.77 bits per heavy atom. The lowest BCUT2D eigenvalue weighted by atomic mass is 9.91. The number of aliphatic hydroxyl groups is 1. The van der Waals surface area contributed by atoms with Crippen LogP contribution in [-0.2, 0) is 18.6 Å². The van der Waals surface area contributed by atoms with Crippen LogP contribution in [0.25, 0.3) is 0 Å². The van der Waals surface area contributed by atoms with Crippen LogP contribution < -0.4 is 10.6 Å².